The minimum Gasteiger partial charge on any atom is -0.490 e. The number of piperidine rings is 1. The zero-order chi connectivity index (χ0) is 38.7. The summed E-state index contributed by atoms with van der Waals surface area (Å²) in [7, 11) is -4.07. The summed E-state index contributed by atoms with van der Waals surface area (Å²) in [6, 6.07) is 10.8. The van der Waals surface area contributed by atoms with Crippen LogP contribution in [0.1, 0.15) is 59.8 Å². The number of aliphatic hydroxyl groups is 1. The van der Waals surface area contributed by atoms with Crippen molar-refractivity contribution in [3.63, 3.8) is 0 Å². The molecule has 1 aliphatic heterocycles. The number of halogens is 6. The lowest BCUT2D eigenvalue weighted by molar-refractivity contribution is -0.155. The van der Waals surface area contributed by atoms with E-state index in [1.165, 1.54) is 48.5 Å². The third-order valence-corrected chi connectivity index (χ3v) is 9.97. The van der Waals surface area contributed by atoms with Crippen molar-refractivity contribution in [3.05, 3.63) is 89.0 Å². The minimum absolute atomic E-state index is 0.0158. The van der Waals surface area contributed by atoms with E-state index in [0.29, 0.717) is 32.5 Å². The Morgan fingerprint density at radius 1 is 1.00 bits per heavy atom. The van der Waals surface area contributed by atoms with E-state index in [4.69, 9.17) is 9.72 Å². The van der Waals surface area contributed by atoms with Crippen LogP contribution in [0.2, 0.25) is 0 Å². The van der Waals surface area contributed by atoms with Gasteiger partial charge in [0.15, 0.2) is 15.9 Å². The average molecular weight is 767 g/mol. The number of hydrogen-bond donors (Lipinski definition) is 3. The van der Waals surface area contributed by atoms with Gasteiger partial charge in [-0.2, -0.15) is 26.3 Å². The van der Waals surface area contributed by atoms with Gasteiger partial charge in [0.2, 0.25) is 0 Å². The van der Waals surface area contributed by atoms with Crippen molar-refractivity contribution in [2.45, 2.75) is 68.7 Å². The summed E-state index contributed by atoms with van der Waals surface area (Å²) in [5.41, 5.74) is -1.87. The van der Waals surface area contributed by atoms with Gasteiger partial charge in [0.25, 0.3) is 5.91 Å². The molecule has 0 aliphatic carbocycles. The number of likely N-dealkylation sites (tertiary alicyclic amines) is 1. The summed E-state index contributed by atoms with van der Waals surface area (Å²) in [6.07, 6.45) is -8.15. The van der Waals surface area contributed by atoms with Crippen LogP contribution in [0.25, 0.3) is 22.2 Å². The van der Waals surface area contributed by atoms with Crippen LogP contribution < -0.4 is 15.4 Å². The van der Waals surface area contributed by atoms with Crippen LogP contribution in [0.15, 0.2) is 71.6 Å². The molecule has 3 N–H and O–H groups in total. The molecule has 1 saturated heterocycles. The van der Waals surface area contributed by atoms with E-state index in [2.05, 4.69) is 10.6 Å². The highest BCUT2D eigenvalue weighted by molar-refractivity contribution is 7.90. The Balaban J connectivity index is 1.81. The van der Waals surface area contributed by atoms with E-state index in [1.807, 2.05) is 4.90 Å². The number of aliphatic hydroxyl groups excluding tert-OH is 1. The minimum atomic E-state index is -4.97. The summed E-state index contributed by atoms with van der Waals surface area (Å²) in [5, 5.41) is 14.4. The van der Waals surface area contributed by atoms with E-state index in [1.54, 1.807) is 13.8 Å². The van der Waals surface area contributed by atoms with Crippen molar-refractivity contribution in [3.8, 4) is 17.0 Å². The highest BCUT2D eigenvalue weighted by Gasteiger charge is 2.43. The summed E-state index contributed by atoms with van der Waals surface area (Å²) in [6.45, 7) is 4.32. The van der Waals surface area contributed by atoms with Crippen molar-refractivity contribution >= 4 is 26.6 Å². The Morgan fingerprint density at radius 2 is 1.68 bits per heavy atom. The molecule has 5 rings (SSSR count). The van der Waals surface area contributed by atoms with Crippen LogP contribution >= 0.6 is 0 Å². The van der Waals surface area contributed by atoms with Gasteiger partial charge in [-0.25, -0.2) is 13.4 Å². The number of sulfone groups is 1. The van der Waals surface area contributed by atoms with Crippen LogP contribution in [0.3, 0.4) is 0 Å². The zero-order valence-electron chi connectivity index (χ0n) is 29.2. The topological polar surface area (TPSA) is 121 Å². The molecule has 1 unspecified atom stereocenters. The fourth-order valence-corrected chi connectivity index (χ4v) is 7.24. The molecule has 9 nitrogen and oxygen atoms in total. The fraction of sp³-hybridized carbons (Fsp3) is 0.405. The van der Waals surface area contributed by atoms with E-state index in [-0.39, 0.29) is 68.7 Å². The lowest BCUT2D eigenvalue weighted by Gasteiger charge is -2.33. The van der Waals surface area contributed by atoms with Crippen molar-refractivity contribution in [2.75, 3.05) is 32.5 Å². The number of pyridine rings is 1. The number of carbonyl (C=O) groups excluding carboxylic acids is 1. The summed E-state index contributed by atoms with van der Waals surface area (Å²) < 4.78 is 118. The normalized spacial score (nSPS) is 15.5. The third-order valence-electron chi connectivity index (χ3n) is 8.85. The molecular formula is C37H40F6N4O5S. The first-order chi connectivity index (χ1) is 24.9. The highest BCUT2D eigenvalue weighted by atomic mass is 32.2. The van der Waals surface area contributed by atoms with Crippen molar-refractivity contribution in [2.24, 2.45) is 0 Å². The summed E-state index contributed by atoms with van der Waals surface area (Å²) in [5.74, 6) is -1.38. The molecule has 1 fully saturated rings. The molecule has 1 amide bonds. The first-order valence-electron chi connectivity index (χ1n) is 16.9. The van der Waals surface area contributed by atoms with Gasteiger partial charge in [0.05, 0.1) is 35.0 Å². The smallest absolute Gasteiger partial charge is 0.416 e. The zero-order valence-corrected chi connectivity index (χ0v) is 30.0. The standard InChI is InChI=1S/C37H40F6N4O5S/c1-22(2)52-30-20-29-27(19-31(30)53(3,50)51)32(35(49)46-34(37(41,42)43)23-8-5-4-6-9-23)28(21-47-15-12-26(13-16-47)44-14-17-48)33(45-29)24-10-7-11-25(18-24)36(38,39)40/h4-11,18-20,22,26,34,44,48H,12-17,21H2,1-3H3,(H,46,49). The van der Waals surface area contributed by atoms with Crippen molar-refractivity contribution in [1.82, 2.24) is 20.5 Å². The molecule has 1 aromatic heterocycles. The predicted molar refractivity (Wildman–Crippen MR) is 187 cm³/mol. The molecule has 2 heterocycles. The fourth-order valence-electron chi connectivity index (χ4n) is 6.43. The first kappa shape index (κ1) is 39.9. The number of ether oxygens (including phenoxy) is 1. The average Bonchev–Trinajstić information content (AvgIpc) is 3.08. The lowest BCUT2D eigenvalue weighted by atomic mass is 9.93. The molecule has 0 saturated carbocycles. The van der Waals surface area contributed by atoms with Crippen LogP contribution in [0, 0.1) is 0 Å². The highest BCUT2D eigenvalue weighted by Crippen LogP contribution is 2.40. The predicted octanol–water partition coefficient (Wildman–Crippen LogP) is 6.69. The molecule has 0 bridgehead atoms. The van der Waals surface area contributed by atoms with Gasteiger partial charge in [-0.15, -0.1) is 0 Å². The molecule has 1 atom stereocenters. The second kappa shape index (κ2) is 16.0. The van der Waals surface area contributed by atoms with Crippen molar-refractivity contribution < 1.29 is 49.4 Å². The van der Waals surface area contributed by atoms with Crippen LogP contribution in [-0.2, 0) is 22.6 Å². The second-order valence-corrected chi connectivity index (χ2v) is 15.2. The van der Waals surface area contributed by atoms with Gasteiger partial charge in [0.1, 0.15) is 10.6 Å². The molecule has 53 heavy (non-hydrogen) atoms. The Labute approximate surface area is 303 Å². The van der Waals surface area contributed by atoms with E-state index >= 15 is 0 Å². The van der Waals surface area contributed by atoms with Crippen LogP contribution in [0.5, 0.6) is 5.75 Å². The molecule has 3 aromatic carbocycles. The van der Waals surface area contributed by atoms with Gasteiger partial charge < -0.3 is 20.5 Å². The number of hydrogen-bond acceptors (Lipinski definition) is 8. The molecule has 4 aromatic rings. The molecule has 16 heteroatoms. The Kier molecular flexibility index (Phi) is 12.1. The Hall–Kier alpha value is -4.25. The maximum atomic E-state index is 14.6. The number of fused-ring (bicyclic) bond motifs is 1. The number of amides is 1. The molecular weight excluding hydrogens is 726 g/mol. The maximum Gasteiger partial charge on any atom is 0.416 e. The number of alkyl halides is 6. The summed E-state index contributed by atoms with van der Waals surface area (Å²) >= 11 is 0. The monoisotopic (exact) mass is 766 g/mol. The van der Waals surface area contributed by atoms with Crippen LogP contribution in [-0.4, -0.2) is 80.1 Å². The maximum absolute atomic E-state index is 14.6. The SMILES string of the molecule is CC(C)Oc1cc2nc(-c3cccc(C(F)(F)F)c3)c(CN3CCC(NCCO)CC3)c(C(=O)NC(c3ccccc3)C(F)(F)F)c2cc1S(C)(=O)=O. The Morgan fingerprint density at radius 3 is 2.26 bits per heavy atom. The number of aromatic nitrogens is 1. The summed E-state index contributed by atoms with van der Waals surface area (Å²) in [4.78, 5) is 20.8. The first-order valence-corrected chi connectivity index (χ1v) is 18.8. The number of benzene rings is 3. The van der Waals surface area contributed by atoms with E-state index in [9.17, 15) is 44.7 Å². The Bertz CT molecular complexity index is 2030. The van der Waals surface area contributed by atoms with Crippen LogP contribution in [0.4, 0.5) is 26.3 Å². The molecule has 286 valence electrons. The molecule has 1 aliphatic rings. The van der Waals surface area contributed by atoms with E-state index in [0.717, 1.165) is 24.5 Å². The molecule has 0 spiro atoms. The van der Waals surface area contributed by atoms with Gasteiger partial charge in [-0.1, -0.05) is 42.5 Å². The number of carbonyl (C=O) groups is 1. The van der Waals surface area contributed by atoms with Gasteiger partial charge in [-0.05, 0) is 63.5 Å². The number of rotatable bonds is 12. The quantitative estimate of drug-likeness (QED) is 0.137. The van der Waals surface area contributed by atoms with E-state index < -0.39 is 45.8 Å². The molecule has 0 radical (unpaired) electrons. The van der Waals surface area contributed by atoms with Gasteiger partial charge >= 0.3 is 12.4 Å². The number of nitrogens with one attached hydrogen (secondary N) is 2. The number of nitrogens with zero attached hydrogens (tertiary/aromatic N) is 2. The van der Waals surface area contributed by atoms with Gasteiger partial charge in [-0.3, -0.25) is 9.69 Å². The largest absolute Gasteiger partial charge is 0.490 e. The second-order valence-electron chi connectivity index (χ2n) is 13.2. The third kappa shape index (κ3) is 9.65. The lowest BCUT2D eigenvalue weighted by Crippen LogP contribution is -2.43. The van der Waals surface area contributed by atoms with Crippen molar-refractivity contribution in [1.29, 1.82) is 0 Å². The van der Waals surface area contributed by atoms with Gasteiger partial charge in [0, 0.05) is 48.0 Å².